The van der Waals surface area contributed by atoms with E-state index in [9.17, 15) is 13.6 Å². The summed E-state index contributed by atoms with van der Waals surface area (Å²) in [7, 11) is 0. The van der Waals surface area contributed by atoms with Gasteiger partial charge in [-0.05, 0) is 36.8 Å². The highest BCUT2D eigenvalue weighted by molar-refractivity contribution is 6.31. The minimum Gasteiger partial charge on any atom is -0.486 e. The zero-order valence-corrected chi connectivity index (χ0v) is 22.9. The van der Waals surface area contributed by atoms with Crippen molar-refractivity contribution in [3.05, 3.63) is 59.4 Å². The van der Waals surface area contributed by atoms with Crippen LogP contribution in [0, 0.1) is 5.82 Å². The molecule has 218 valence electrons. The standard InChI is InChI=1S/C28H30ClF2N5O5/c29-21-11-17(1-2-22(21)30)34-27-20-12-25(26(13-24(20)32-16-33-27)41-19-5-9-39-15-19)35-28(38)23(31)4-7-36-6-3-18(14-36)40-10-8-37/h1-2,4,11-13,16,18-19,37H,3,5-10,14-15H2,(H,35,38)(H,32,33,34)/b23-4+/t18-,19+/m1/s1. The van der Waals surface area contributed by atoms with Crippen LogP contribution in [-0.4, -0.2) is 84.2 Å². The van der Waals surface area contributed by atoms with Gasteiger partial charge in [0.1, 0.15) is 29.8 Å². The molecular weight excluding hydrogens is 560 g/mol. The average molecular weight is 590 g/mol. The SMILES string of the molecule is O=C(Nc1cc2c(Nc3ccc(F)c(Cl)c3)ncnc2cc1O[C@H]1CCOC1)/C(F)=C\CN1CC[C@@H](OCCO)C1. The Labute approximate surface area is 240 Å². The Bertz CT molecular complexity index is 1420. The van der Waals surface area contributed by atoms with E-state index in [1.54, 1.807) is 12.1 Å². The second-order valence-electron chi connectivity index (χ2n) is 9.72. The summed E-state index contributed by atoms with van der Waals surface area (Å²) in [6.45, 7) is 2.67. The molecule has 3 aromatic rings. The molecule has 1 aromatic heterocycles. The molecule has 2 saturated heterocycles. The van der Waals surface area contributed by atoms with Crippen LogP contribution in [-0.2, 0) is 14.3 Å². The number of carbonyl (C=O) groups excluding carboxylic acids is 1. The fourth-order valence-electron chi connectivity index (χ4n) is 4.68. The van der Waals surface area contributed by atoms with Crippen LogP contribution in [0.15, 0.2) is 48.6 Å². The third-order valence-electron chi connectivity index (χ3n) is 6.77. The summed E-state index contributed by atoms with van der Waals surface area (Å²) in [6.07, 6.45) is 3.76. The van der Waals surface area contributed by atoms with Crippen molar-refractivity contribution < 1.29 is 32.9 Å². The van der Waals surface area contributed by atoms with Crippen LogP contribution >= 0.6 is 11.6 Å². The summed E-state index contributed by atoms with van der Waals surface area (Å²) in [5, 5.41) is 15.1. The topological polar surface area (TPSA) is 118 Å². The number of halogens is 3. The number of ether oxygens (including phenoxy) is 3. The Kier molecular flexibility index (Phi) is 9.57. The molecule has 0 aliphatic carbocycles. The zero-order chi connectivity index (χ0) is 28.8. The summed E-state index contributed by atoms with van der Waals surface area (Å²) in [5.74, 6) is -1.74. The Morgan fingerprint density at radius 2 is 2.12 bits per heavy atom. The molecule has 0 radical (unpaired) electrons. The molecule has 5 rings (SSSR count). The van der Waals surface area contributed by atoms with Crippen molar-refractivity contribution in [3.63, 3.8) is 0 Å². The third-order valence-corrected chi connectivity index (χ3v) is 7.06. The molecule has 1 amide bonds. The lowest BCUT2D eigenvalue weighted by atomic mass is 10.1. The van der Waals surface area contributed by atoms with E-state index in [-0.39, 0.29) is 42.7 Å². The second-order valence-corrected chi connectivity index (χ2v) is 10.1. The third kappa shape index (κ3) is 7.46. The predicted molar refractivity (Wildman–Crippen MR) is 150 cm³/mol. The molecule has 0 bridgehead atoms. The van der Waals surface area contributed by atoms with Crippen LogP contribution < -0.4 is 15.4 Å². The molecule has 41 heavy (non-hydrogen) atoms. The molecule has 3 heterocycles. The van der Waals surface area contributed by atoms with E-state index >= 15 is 0 Å². The number of amides is 1. The molecule has 3 N–H and O–H groups in total. The van der Waals surface area contributed by atoms with Crippen LogP contribution in [0.5, 0.6) is 5.75 Å². The Morgan fingerprint density at radius 1 is 1.24 bits per heavy atom. The van der Waals surface area contributed by atoms with Gasteiger partial charge >= 0.3 is 0 Å². The van der Waals surface area contributed by atoms with Gasteiger partial charge in [0.25, 0.3) is 5.91 Å². The molecule has 2 aliphatic rings. The number of rotatable bonds is 11. The number of anilines is 3. The Morgan fingerprint density at radius 3 is 2.90 bits per heavy atom. The Balaban J connectivity index is 1.37. The quantitative estimate of drug-likeness (QED) is 0.283. The first-order valence-corrected chi connectivity index (χ1v) is 13.6. The molecule has 10 nitrogen and oxygen atoms in total. The molecule has 2 fully saturated rings. The number of likely N-dealkylation sites (tertiary alicyclic amines) is 1. The number of fused-ring (bicyclic) bond motifs is 1. The summed E-state index contributed by atoms with van der Waals surface area (Å²) in [6, 6.07) is 7.41. The van der Waals surface area contributed by atoms with E-state index in [2.05, 4.69) is 20.6 Å². The number of aromatic nitrogens is 2. The first-order valence-electron chi connectivity index (χ1n) is 13.3. The van der Waals surface area contributed by atoms with Crippen molar-refractivity contribution in [1.82, 2.24) is 14.9 Å². The first kappa shape index (κ1) is 29.1. The monoisotopic (exact) mass is 589 g/mol. The minimum atomic E-state index is -0.941. The second kappa shape index (κ2) is 13.5. The number of nitrogens with zero attached hydrogens (tertiary/aromatic N) is 3. The lowest BCUT2D eigenvalue weighted by molar-refractivity contribution is -0.114. The molecular formula is C28H30ClF2N5O5. The summed E-state index contributed by atoms with van der Waals surface area (Å²) in [4.78, 5) is 23.5. The van der Waals surface area contributed by atoms with Crippen molar-refractivity contribution in [2.24, 2.45) is 0 Å². The van der Waals surface area contributed by atoms with Crippen LogP contribution in [0.4, 0.5) is 26.0 Å². The smallest absolute Gasteiger partial charge is 0.284 e. The highest BCUT2D eigenvalue weighted by Crippen LogP contribution is 2.35. The summed E-state index contributed by atoms with van der Waals surface area (Å²) >= 11 is 5.93. The van der Waals surface area contributed by atoms with Gasteiger partial charge in [0.15, 0.2) is 5.83 Å². The fraction of sp³-hybridized carbons (Fsp3) is 0.393. The summed E-state index contributed by atoms with van der Waals surface area (Å²) in [5.41, 5.74) is 1.22. The number of aliphatic hydroxyl groups excluding tert-OH is 1. The van der Waals surface area contributed by atoms with Gasteiger partial charge in [0.05, 0.1) is 48.8 Å². The molecule has 0 spiro atoms. The molecule has 2 aliphatic heterocycles. The molecule has 2 atom stereocenters. The number of hydrogen-bond acceptors (Lipinski definition) is 9. The van der Waals surface area contributed by atoms with E-state index in [0.29, 0.717) is 60.9 Å². The number of carbonyl (C=O) groups is 1. The highest BCUT2D eigenvalue weighted by Gasteiger charge is 2.24. The van der Waals surface area contributed by atoms with Crippen molar-refractivity contribution in [2.45, 2.75) is 25.0 Å². The Hall–Kier alpha value is -3.42. The van der Waals surface area contributed by atoms with E-state index in [1.807, 2.05) is 4.90 Å². The lowest BCUT2D eigenvalue weighted by Crippen LogP contribution is -2.25. The average Bonchev–Trinajstić information content (AvgIpc) is 3.65. The van der Waals surface area contributed by atoms with Gasteiger partial charge in [-0.15, -0.1) is 0 Å². The maximum Gasteiger partial charge on any atom is 0.284 e. The van der Waals surface area contributed by atoms with Crippen LogP contribution in [0.1, 0.15) is 12.8 Å². The first-order chi connectivity index (χ1) is 19.9. The van der Waals surface area contributed by atoms with Gasteiger partial charge < -0.3 is 30.0 Å². The summed E-state index contributed by atoms with van der Waals surface area (Å²) < 4.78 is 45.6. The van der Waals surface area contributed by atoms with Crippen molar-refractivity contribution >= 4 is 45.6 Å². The van der Waals surface area contributed by atoms with Crippen molar-refractivity contribution in [1.29, 1.82) is 0 Å². The van der Waals surface area contributed by atoms with Gasteiger partial charge in [-0.1, -0.05) is 11.6 Å². The van der Waals surface area contributed by atoms with Crippen LogP contribution in [0.3, 0.4) is 0 Å². The van der Waals surface area contributed by atoms with E-state index in [0.717, 1.165) is 6.42 Å². The number of nitrogens with one attached hydrogen (secondary N) is 2. The van der Waals surface area contributed by atoms with E-state index in [4.69, 9.17) is 30.9 Å². The maximum atomic E-state index is 14.9. The number of benzene rings is 2. The normalized spacial score (nSPS) is 19.6. The van der Waals surface area contributed by atoms with E-state index in [1.165, 1.54) is 30.6 Å². The largest absolute Gasteiger partial charge is 0.486 e. The van der Waals surface area contributed by atoms with Gasteiger partial charge in [0, 0.05) is 43.2 Å². The van der Waals surface area contributed by atoms with Crippen molar-refractivity contribution in [2.75, 3.05) is 56.7 Å². The highest BCUT2D eigenvalue weighted by atomic mass is 35.5. The fourth-order valence-corrected chi connectivity index (χ4v) is 4.86. The number of hydrogen-bond donors (Lipinski definition) is 3. The lowest BCUT2D eigenvalue weighted by Gasteiger charge is -2.18. The predicted octanol–water partition coefficient (Wildman–Crippen LogP) is 4.21. The maximum absolute atomic E-state index is 14.9. The molecule has 2 aromatic carbocycles. The molecule has 13 heteroatoms. The molecule has 0 unspecified atom stereocenters. The van der Waals surface area contributed by atoms with E-state index < -0.39 is 17.6 Å². The van der Waals surface area contributed by atoms with Gasteiger partial charge in [-0.25, -0.2) is 18.7 Å². The van der Waals surface area contributed by atoms with Crippen LogP contribution in [0.25, 0.3) is 10.9 Å². The van der Waals surface area contributed by atoms with Gasteiger partial charge in [-0.3, -0.25) is 9.69 Å². The molecule has 0 saturated carbocycles. The van der Waals surface area contributed by atoms with Crippen molar-refractivity contribution in [3.8, 4) is 5.75 Å². The minimum absolute atomic E-state index is 0.0275. The van der Waals surface area contributed by atoms with Gasteiger partial charge in [-0.2, -0.15) is 0 Å². The van der Waals surface area contributed by atoms with Gasteiger partial charge in [0.2, 0.25) is 0 Å². The zero-order valence-electron chi connectivity index (χ0n) is 22.1. The van der Waals surface area contributed by atoms with Crippen LogP contribution in [0.2, 0.25) is 5.02 Å². The number of aliphatic hydroxyl groups is 1.